The van der Waals surface area contributed by atoms with Crippen LogP contribution in [0.4, 0.5) is 4.39 Å². The number of sulfone groups is 1. The van der Waals surface area contributed by atoms with E-state index in [1.54, 1.807) is 0 Å². The quantitative estimate of drug-likeness (QED) is 0.434. The van der Waals surface area contributed by atoms with Crippen LogP contribution in [0.1, 0.15) is 62.5 Å². The highest BCUT2D eigenvalue weighted by Gasteiger charge is 2.35. The molecule has 186 valence electrons. The molecule has 1 saturated heterocycles. The van der Waals surface area contributed by atoms with Crippen molar-refractivity contribution >= 4 is 26.6 Å². The summed E-state index contributed by atoms with van der Waals surface area (Å²) in [6, 6.07) is 11.0. The number of aryl methyl sites for hydroxylation is 1. The lowest BCUT2D eigenvalue weighted by Gasteiger charge is -2.39. The summed E-state index contributed by atoms with van der Waals surface area (Å²) in [7, 11) is -1.56. The Bertz CT molecular complexity index is 1340. The standard InChI is InChI=1S/C28H33FN2O3S/c1-19-15-22(13-14-31(19)28(32)21-5-3-4-6-21)26-17-30(2)27-12-7-20(16-25(26)27)18-35(33,34)24-10-8-23(29)9-11-24/h7-12,16-17,19,21-22H,3-6,13-15,18H2,1-2H3/t19-,22+/m0/s1. The maximum absolute atomic E-state index is 13.3. The summed E-state index contributed by atoms with van der Waals surface area (Å²) in [5.41, 5.74) is 3.01. The van der Waals surface area contributed by atoms with Crippen LogP contribution in [-0.2, 0) is 27.4 Å². The molecule has 1 aliphatic carbocycles. The van der Waals surface area contributed by atoms with E-state index in [1.807, 2.05) is 25.2 Å². The molecule has 0 radical (unpaired) electrons. The number of likely N-dealkylation sites (tertiary alicyclic amines) is 1. The Hall–Kier alpha value is -2.67. The number of nitrogens with zero attached hydrogens (tertiary/aromatic N) is 2. The first-order valence-corrected chi connectivity index (χ1v) is 14.2. The van der Waals surface area contributed by atoms with Crippen molar-refractivity contribution < 1.29 is 17.6 Å². The van der Waals surface area contributed by atoms with Gasteiger partial charge in [0.15, 0.2) is 9.84 Å². The smallest absolute Gasteiger partial charge is 0.225 e. The van der Waals surface area contributed by atoms with Crippen molar-refractivity contribution in [1.29, 1.82) is 0 Å². The van der Waals surface area contributed by atoms with Gasteiger partial charge in [-0.15, -0.1) is 0 Å². The number of hydrogen-bond donors (Lipinski definition) is 0. The van der Waals surface area contributed by atoms with Gasteiger partial charge in [-0.05, 0) is 86.1 Å². The van der Waals surface area contributed by atoms with Crippen LogP contribution in [0.5, 0.6) is 0 Å². The molecular weight excluding hydrogens is 463 g/mol. The molecule has 0 bridgehead atoms. The van der Waals surface area contributed by atoms with Gasteiger partial charge in [-0.1, -0.05) is 18.9 Å². The minimum Gasteiger partial charge on any atom is -0.350 e. The molecule has 0 N–H and O–H groups in total. The SMILES string of the molecule is C[C@H]1C[C@H](c2cn(C)c3ccc(CS(=O)(=O)c4ccc(F)cc4)cc23)CCN1C(=O)C1CCCC1. The molecule has 2 aromatic carbocycles. The largest absolute Gasteiger partial charge is 0.350 e. The van der Waals surface area contributed by atoms with Crippen molar-refractivity contribution in [2.75, 3.05) is 6.54 Å². The number of benzene rings is 2. The first-order valence-electron chi connectivity index (χ1n) is 12.6. The van der Waals surface area contributed by atoms with Crippen LogP contribution >= 0.6 is 0 Å². The molecule has 5 nitrogen and oxygen atoms in total. The fraction of sp³-hybridized carbons (Fsp3) is 0.464. The Balaban J connectivity index is 1.38. The molecule has 2 fully saturated rings. The fourth-order valence-electron chi connectivity index (χ4n) is 6.02. The predicted octanol–water partition coefficient (Wildman–Crippen LogP) is 5.58. The number of rotatable bonds is 5. The molecule has 1 aliphatic heterocycles. The molecule has 3 aromatic rings. The van der Waals surface area contributed by atoms with E-state index in [-0.39, 0.29) is 22.6 Å². The summed E-state index contributed by atoms with van der Waals surface area (Å²) in [5, 5.41) is 1.08. The Kier molecular flexibility index (Phi) is 6.47. The third-order valence-electron chi connectivity index (χ3n) is 7.92. The van der Waals surface area contributed by atoms with E-state index >= 15 is 0 Å². The van der Waals surface area contributed by atoms with E-state index in [2.05, 4.69) is 22.6 Å². The van der Waals surface area contributed by atoms with Gasteiger partial charge in [-0.3, -0.25) is 4.79 Å². The molecule has 0 spiro atoms. The number of carbonyl (C=O) groups is 1. The van der Waals surface area contributed by atoms with E-state index < -0.39 is 15.7 Å². The summed E-state index contributed by atoms with van der Waals surface area (Å²) in [4.78, 5) is 15.2. The van der Waals surface area contributed by atoms with Crippen LogP contribution in [0.15, 0.2) is 53.6 Å². The van der Waals surface area contributed by atoms with Gasteiger partial charge in [0, 0.05) is 42.7 Å². The fourth-order valence-corrected chi connectivity index (χ4v) is 7.35. The maximum Gasteiger partial charge on any atom is 0.225 e. The summed E-state index contributed by atoms with van der Waals surface area (Å²) in [5.74, 6) is 0.278. The van der Waals surface area contributed by atoms with Crippen LogP contribution in [0.2, 0.25) is 0 Å². The van der Waals surface area contributed by atoms with Crippen molar-refractivity contribution in [2.45, 2.75) is 68.1 Å². The molecule has 1 aromatic heterocycles. The molecular formula is C28H33FN2O3S. The maximum atomic E-state index is 13.3. The van der Waals surface area contributed by atoms with Gasteiger partial charge in [0.1, 0.15) is 5.82 Å². The molecule has 2 heterocycles. The predicted molar refractivity (Wildman–Crippen MR) is 135 cm³/mol. The zero-order valence-electron chi connectivity index (χ0n) is 20.4. The van der Waals surface area contributed by atoms with Crippen molar-refractivity contribution in [1.82, 2.24) is 9.47 Å². The van der Waals surface area contributed by atoms with Gasteiger partial charge in [0.25, 0.3) is 0 Å². The third kappa shape index (κ3) is 4.75. The lowest BCUT2D eigenvalue weighted by atomic mass is 9.85. The Morgan fingerprint density at radius 3 is 2.46 bits per heavy atom. The lowest BCUT2D eigenvalue weighted by Crippen LogP contribution is -2.46. The monoisotopic (exact) mass is 496 g/mol. The number of hydrogen-bond acceptors (Lipinski definition) is 3. The van der Waals surface area contributed by atoms with E-state index in [1.165, 1.54) is 29.8 Å². The molecule has 35 heavy (non-hydrogen) atoms. The minimum atomic E-state index is -3.58. The number of carbonyl (C=O) groups excluding carboxylic acids is 1. The zero-order chi connectivity index (χ0) is 24.7. The number of amides is 1. The van der Waals surface area contributed by atoms with E-state index in [9.17, 15) is 17.6 Å². The third-order valence-corrected chi connectivity index (χ3v) is 9.62. The van der Waals surface area contributed by atoms with Crippen LogP contribution in [0.25, 0.3) is 10.9 Å². The number of fused-ring (bicyclic) bond motifs is 1. The second kappa shape index (κ2) is 9.41. The number of piperidine rings is 1. The Morgan fingerprint density at radius 2 is 1.77 bits per heavy atom. The van der Waals surface area contributed by atoms with E-state index in [0.717, 1.165) is 61.5 Å². The average Bonchev–Trinajstić information content (AvgIpc) is 3.47. The van der Waals surface area contributed by atoms with Crippen molar-refractivity contribution in [2.24, 2.45) is 13.0 Å². The second-order valence-electron chi connectivity index (χ2n) is 10.3. The summed E-state index contributed by atoms with van der Waals surface area (Å²) in [6.07, 6.45) is 8.37. The Morgan fingerprint density at radius 1 is 1.06 bits per heavy atom. The summed E-state index contributed by atoms with van der Waals surface area (Å²) in [6.45, 7) is 2.93. The number of aromatic nitrogens is 1. The molecule has 7 heteroatoms. The van der Waals surface area contributed by atoms with Gasteiger partial charge >= 0.3 is 0 Å². The van der Waals surface area contributed by atoms with Crippen LogP contribution in [-0.4, -0.2) is 36.4 Å². The molecule has 5 rings (SSSR count). The molecule has 1 amide bonds. The molecule has 2 aliphatic rings. The zero-order valence-corrected chi connectivity index (χ0v) is 21.2. The number of halogens is 1. The Labute approximate surface area is 206 Å². The molecule has 2 atom stereocenters. The van der Waals surface area contributed by atoms with Crippen LogP contribution < -0.4 is 0 Å². The van der Waals surface area contributed by atoms with Gasteiger partial charge in [-0.2, -0.15) is 0 Å². The molecule has 0 unspecified atom stereocenters. The van der Waals surface area contributed by atoms with Gasteiger partial charge in [-0.25, -0.2) is 12.8 Å². The van der Waals surface area contributed by atoms with Crippen molar-refractivity contribution in [3.63, 3.8) is 0 Å². The van der Waals surface area contributed by atoms with Gasteiger partial charge < -0.3 is 9.47 Å². The summed E-state index contributed by atoms with van der Waals surface area (Å²) < 4.78 is 41.2. The van der Waals surface area contributed by atoms with Crippen LogP contribution in [0, 0.1) is 11.7 Å². The second-order valence-corrected chi connectivity index (χ2v) is 12.3. The lowest BCUT2D eigenvalue weighted by molar-refractivity contribution is -0.138. The highest BCUT2D eigenvalue weighted by Crippen LogP contribution is 2.38. The molecule has 1 saturated carbocycles. The van der Waals surface area contributed by atoms with E-state index in [0.29, 0.717) is 11.8 Å². The topological polar surface area (TPSA) is 59.4 Å². The highest BCUT2D eigenvalue weighted by atomic mass is 32.2. The minimum absolute atomic E-state index is 0.125. The normalized spacial score (nSPS) is 21.6. The van der Waals surface area contributed by atoms with Gasteiger partial charge in [0.2, 0.25) is 5.91 Å². The average molecular weight is 497 g/mol. The van der Waals surface area contributed by atoms with E-state index in [4.69, 9.17) is 0 Å². The van der Waals surface area contributed by atoms with Crippen molar-refractivity contribution in [3.8, 4) is 0 Å². The first kappa shape index (κ1) is 24.0. The first-order chi connectivity index (χ1) is 16.7. The van der Waals surface area contributed by atoms with Crippen LogP contribution in [0.3, 0.4) is 0 Å². The highest BCUT2D eigenvalue weighted by molar-refractivity contribution is 7.90. The van der Waals surface area contributed by atoms with Crippen molar-refractivity contribution in [3.05, 3.63) is 65.6 Å². The summed E-state index contributed by atoms with van der Waals surface area (Å²) >= 11 is 0. The van der Waals surface area contributed by atoms with Gasteiger partial charge in [0.05, 0.1) is 10.6 Å².